The molecule has 0 radical (unpaired) electrons. The van der Waals surface area contributed by atoms with E-state index in [9.17, 15) is 9.59 Å². The van der Waals surface area contributed by atoms with Crippen molar-refractivity contribution >= 4 is 29.1 Å². The zero-order valence-corrected chi connectivity index (χ0v) is 15.8. The van der Waals surface area contributed by atoms with Gasteiger partial charge in [0.25, 0.3) is 0 Å². The number of hydrogen-bond donors (Lipinski definition) is 1. The Bertz CT molecular complexity index is 751. The highest BCUT2D eigenvalue weighted by Gasteiger charge is 2.19. The maximum absolute atomic E-state index is 12.1. The van der Waals surface area contributed by atoms with Crippen LogP contribution in [0.1, 0.15) is 50.9 Å². The second-order valence-electron chi connectivity index (χ2n) is 6.65. The summed E-state index contributed by atoms with van der Waals surface area (Å²) in [7, 11) is 0. The average Bonchev–Trinajstić information content (AvgIpc) is 3.00. The summed E-state index contributed by atoms with van der Waals surface area (Å²) in [5.74, 6) is 0.559. The number of nitrogens with zero attached hydrogens (tertiary/aromatic N) is 4. The van der Waals surface area contributed by atoms with Crippen LogP contribution in [0.4, 0.5) is 5.69 Å². The molecular weight excluding hydrogens is 338 g/mol. The number of para-hydroxylation sites is 1. The zero-order chi connectivity index (χ0) is 18.4. The van der Waals surface area contributed by atoms with Gasteiger partial charge in [-0.1, -0.05) is 23.9 Å². The number of Topliss-reactive ketones (excluding diaryl/α,β-unsaturated/α-hetero) is 1. The number of thioether (sulfide) groups is 1. The third-order valence-electron chi connectivity index (χ3n) is 3.44. The maximum atomic E-state index is 12.1. The molecule has 25 heavy (non-hydrogen) atoms. The van der Waals surface area contributed by atoms with Crippen molar-refractivity contribution in [3.8, 4) is 0 Å². The largest absolute Gasteiger partial charge is 0.325 e. The smallest absolute Gasteiger partial charge is 0.224 e. The normalized spacial score (nSPS) is 11.4. The number of rotatable bonds is 7. The second-order valence-corrected chi connectivity index (χ2v) is 7.71. The molecule has 0 fully saturated rings. The Labute approximate surface area is 151 Å². The van der Waals surface area contributed by atoms with Crippen LogP contribution in [0.5, 0.6) is 0 Å². The Kier molecular flexibility index (Phi) is 6.30. The number of ketones is 1. The molecule has 8 heteroatoms. The van der Waals surface area contributed by atoms with Gasteiger partial charge in [-0.05, 0) is 56.7 Å². The molecule has 0 spiro atoms. The van der Waals surface area contributed by atoms with E-state index in [-0.39, 0.29) is 17.2 Å². The Morgan fingerprint density at radius 3 is 2.64 bits per heavy atom. The number of anilines is 1. The Morgan fingerprint density at radius 2 is 1.96 bits per heavy atom. The number of nitrogens with one attached hydrogen (secondary N) is 1. The molecular formula is C17H23N5O2S. The molecule has 0 saturated carbocycles. The van der Waals surface area contributed by atoms with Crippen molar-refractivity contribution in [1.29, 1.82) is 0 Å². The minimum atomic E-state index is -0.181. The highest BCUT2D eigenvalue weighted by molar-refractivity contribution is 7.99. The number of hydrogen-bond acceptors (Lipinski definition) is 6. The monoisotopic (exact) mass is 361 g/mol. The number of aromatic nitrogens is 4. The summed E-state index contributed by atoms with van der Waals surface area (Å²) in [4.78, 5) is 23.7. The van der Waals surface area contributed by atoms with E-state index < -0.39 is 0 Å². The minimum Gasteiger partial charge on any atom is -0.325 e. The van der Waals surface area contributed by atoms with Crippen LogP contribution < -0.4 is 5.32 Å². The molecule has 134 valence electrons. The molecule has 7 nitrogen and oxygen atoms in total. The van der Waals surface area contributed by atoms with E-state index in [0.717, 1.165) is 10.9 Å². The van der Waals surface area contributed by atoms with E-state index >= 15 is 0 Å². The van der Waals surface area contributed by atoms with Crippen molar-refractivity contribution in [3.63, 3.8) is 0 Å². The lowest BCUT2D eigenvalue weighted by Crippen LogP contribution is -2.24. The highest BCUT2D eigenvalue weighted by atomic mass is 32.2. The SMILES string of the molecule is CC(=O)c1ccccc1NC(=O)CCCSc1nnnn1C(C)(C)C. The van der Waals surface area contributed by atoms with E-state index in [2.05, 4.69) is 20.8 Å². The molecule has 0 saturated heterocycles. The first kappa shape index (κ1) is 19.1. The third-order valence-corrected chi connectivity index (χ3v) is 4.44. The van der Waals surface area contributed by atoms with Crippen LogP contribution in [-0.4, -0.2) is 37.7 Å². The van der Waals surface area contributed by atoms with E-state index in [0.29, 0.717) is 24.1 Å². The molecule has 1 aromatic carbocycles. The summed E-state index contributed by atoms with van der Waals surface area (Å²) in [6.07, 6.45) is 1.06. The summed E-state index contributed by atoms with van der Waals surface area (Å²) in [6.45, 7) is 7.59. The second kappa shape index (κ2) is 8.24. The van der Waals surface area contributed by atoms with Gasteiger partial charge in [-0.3, -0.25) is 9.59 Å². The van der Waals surface area contributed by atoms with Crippen molar-refractivity contribution in [3.05, 3.63) is 29.8 Å². The van der Waals surface area contributed by atoms with Crippen LogP contribution >= 0.6 is 11.8 Å². The molecule has 0 unspecified atom stereocenters. The van der Waals surface area contributed by atoms with Crippen LogP contribution in [0, 0.1) is 0 Å². The van der Waals surface area contributed by atoms with Crippen LogP contribution in [0.15, 0.2) is 29.4 Å². The number of tetrazole rings is 1. The maximum Gasteiger partial charge on any atom is 0.224 e. The lowest BCUT2D eigenvalue weighted by Gasteiger charge is -2.19. The van der Waals surface area contributed by atoms with Gasteiger partial charge < -0.3 is 5.32 Å². The molecule has 1 heterocycles. The summed E-state index contributed by atoms with van der Waals surface area (Å²) in [6, 6.07) is 7.02. The molecule has 0 bridgehead atoms. The first-order valence-electron chi connectivity index (χ1n) is 8.10. The van der Waals surface area contributed by atoms with Gasteiger partial charge in [0.2, 0.25) is 11.1 Å². The van der Waals surface area contributed by atoms with E-state index in [1.165, 1.54) is 18.7 Å². The van der Waals surface area contributed by atoms with E-state index in [4.69, 9.17) is 0 Å². The lowest BCUT2D eigenvalue weighted by atomic mass is 10.1. The van der Waals surface area contributed by atoms with E-state index in [1.54, 1.807) is 28.9 Å². The summed E-state index contributed by atoms with van der Waals surface area (Å²) in [5.41, 5.74) is 0.901. The van der Waals surface area contributed by atoms with Crippen molar-refractivity contribution in [2.45, 2.75) is 51.2 Å². The van der Waals surface area contributed by atoms with Gasteiger partial charge in [-0.2, -0.15) is 0 Å². The van der Waals surface area contributed by atoms with Gasteiger partial charge in [0.1, 0.15) is 0 Å². The molecule has 0 aliphatic heterocycles. The highest BCUT2D eigenvalue weighted by Crippen LogP contribution is 2.22. The fourth-order valence-corrected chi connectivity index (χ4v) is 3.20. The number of benzene rings is 1. The minimum absolute atomic E-state index is 0.0690. The Morgan fingerprint density at radius 1 is 1.24 bits per heavy atom. The first-order valence-corrected chi connectivity index (χ1v) is 9.09. The van der Waals surface area contributed by atoms with Crippen LogP contribution in [0.2, 0.25) is 0 Å². The third kappa shape index (κ3) is 5.38. The fraction of sp³-hybridized carbons (Fsp3) is 0.471. The van der Waals surface area contributed by atoms with Crippen molar-refractivity contribution in [1.82, 2.24) is 20.2 Å². The predicted octanol–water partition coefficient (Wildman–Crippen LogP) is 3.14. The Balaban J connectivity index is 1.82. The van der Waals surface area contributed by atoms with Crippen molar-refractivity contribution in [2.75, 3.05) is 11.1 Å². The molecule has 1 amide bonds. The van der Waals surface area contributed by atoms with Gasteiger partial charge in [0, 0.05) is 17.7 Å². The van der Waals surface area contributed by atoms with Gasteiger partial charge >= 0.3 is 0 Å². The molecule has 0 aliphatic rings. The number of carbonyl (C=O) groups excluding carboxylic acids is 2. The molecule has 0 atom stereocenters. The Hall–Kier alpha value is -2.22. The quantitative estimate of drug-likeness (QED) is 0.463. The predicted molar refractivity (Wildman–Crippen MR) is 97.8 cm³/mol. The van der Waals surface area contributed by atoms with Crippen molar-refractivity contribution in [2.24, 2.45) is 0 Å². The number of amides is 1. The molecule has 1 N–H and O–H groups in total. The molecule has 0 aliphatic carbocycles. The molecule has 1 aromatic heterocycles. The summed E-state index contributed by atoms with van der Waals surface area (Å²) >= 11 is 1.53. The number of carbonyl (C=O) groups is 2. The van der Waals surface area contributed by atoms with Crippen LogP contribution in [0.3, 0.4) is 0 Å². The van der Waals surface area contributed by atoms with Gasteiger partial charge in [-0.15, -0.1) is 5.10 Å². The summed E-state index contributed by atoms with van der Waals surface area (Å²) in [5, 5.41) is 15.3. The standard InChI is InChI=1S/C17H23N5O2S/c1-12(23)13-8-5-6-9-14(13)18-15(24)10-7-11-25-16-19-20-21-22(16)17(2,3)4/h5-6,8-9H,7,10-11H2,1-4H3,(H,18,24). The first-order chi connectivity index (χ1) is 11.8. The topological polar surface area (TPSA) is 89.8 Å². The van der Waals surface area contributed by atoms with Crippen molar-refractivity contribution < 1.29 is 9.59 Å². The van der Waals surface area contributed by atoms with Gasteiger partial charge in [-0.25, -0.2) is 4.68 Å². The van der Waals surface area contributed by atoms with Gasteiger partial charge in [0.15, 0.2) is 5.78 Å². The van der Waals surface area contributed by atoms with Gasteiger partial charge in [0.05, 0.1) is 11.2 Å². The van der Waals surface area contributed by atoms with Crippen LogP contribution in [-0.2, 0) is 10.3 Å². The van der Waals surface area contributed by atoms with Crippen LogP contribution in [0.25, 0.3) is 0 Å². The van der Waals surface area contributed by atoms with E-state index in [1.807, 2.05) is 20.8 Å². The molecule has 2 rings (SSSR count). The molecule has 2 aromatic rings. The zero-order valence-electron chi connectivity index (χ0n) is 14.9. The average molecular weight is 361 g/mol. The summed E-state index contributed by atoms with van der Waals surface area (Å²) < 4.78 is 1.78. The lowest BCUT2D eigenvalue weighted by molar-refractivity contribution is -0.116. The fourth-order valence-electron chi connectivity index (χ4n) is 2.20.